The second-order valence-corrected chi connectivity index (χ2v) is 5.52. The van der Waals surface area contributed by atoms with Crippen molar-refractivity contribution in [1.29, 1.82) is 0 Å². The smallest absolute Gasteiger partial charge is 0.315 e. The van der Waals surface area contributed by atoms with Crippen molar-refractivity contribution in [3.63, 3.8) is 0 Å². The van der Waals surface area contributed by atoms with Crippen molar-refractivity contribution in [3.8, 4) is 0 Å². The van der Waals surface area contributed by atoms with Gasteiger partial charge in [-0.05, 0) is 37.6 Å². The Morgan fingerprint density at radius 3 is 2.95 bits per heavy atom. The van der Waals surface area contributed by atoms with Gasteiger partial charge in [0.1, 0.15) is 0 Å². The van der Waals surface area contributed by atoms with Crippen molar-refractivity contribution in [2.45, 2.75) is 32.9 Å². The molecule has 20 heavy (non-hydrogen) atoms. The molecule has 0 saturated carbocycles. The van der Waals surface area contributed by atoms with Crippen LogP contribution in [0.4, 0.5) is 6.01 Å². The lowest BCUT2D eigenvalue weighted by Gasteiger charge is -2.07. The third-order valence-corrected chi connectivity index (χ3v) is 3.34. The Balaban J connectivity index is 1.89. The van der Waals surface area contributed by atoms with Gasteiger partial charge in [0.05, 0.1) is 6.04 Å². The summed E-state index contributed by atoms with van der Waals surface area (Å²) >= 11 is 3.45. The second-order valence-electron chi connectivity index (χ2n) is 4.60. The van der Waals surface area contributed by atoms with E-state index < -0.39 is 0 Å². The van der Waals surface area contributed by atoms with E-state index >= 15 is 0 Å². The molecule has 108 valence electrons. The Morgan fingerprint density at radius 2 is 2.20 bits per heavy atom. The van der Waals surface area contributed by atoms with Gasteiger partial charge in [-0.25, -0.2) is 0 Å². The van der Waals surface area contributed by atoms with Crippen molar-refractivity contribution in [1.82, 2.24) is 15.5 Å². The predicted molar refractivity (Wildman–Crippen MR) is 82.5 cm³/mol. The quantitative estimate of drug-likeness (QED) is 0.808. The van der Waals surface area contributed by atoms with Crippen molar-refractivity contribution in [3.05, 3.63) is 40.2 Å². The number of hydrogen-bond acceptors (Lipinski definition) is 5. The zero-order valence-corrected chi connectivity index (χ0v) is 13.3. The molecule has 1 aromatic heterocycles. The molecule has 0 fully saturated rings. The first kappa shape index (κ1) is 15.0. The van der Waals surface area contributed by atoms with Gasteiger partial charge in [-0.1, -0.05) is 40.1 Å². The average Bonchev–Trinajstić information content (AvgIpc) is 2.91. The SMILES string of the molecule is CCCNC(C)c1nnc(NCc2cccc(Br)c2)o1. The van der Waals surface area contributed by atoms with Crippen LogP contribution in [0, 0.1) is 0 Å². The molecule has 0 radical (unpaired) electrons. The van der Waals surface area contributed by atoms with E-state index in [4.69, 9.17) is 4.42 Å². The van der Waals surface area contributed by atoms with Gasteiger partial charge in [0, 0.05) is 11.0 Å². The predicted octanol–water partition coefficient (Wildman–Crippen LogP) is 3.50. The number of rotatable bonds is 7. The summed E-state index contributed by atoms with van der Waals surface area (Å²) in [5, 5.41) is 14.5. The summed E-state index contributed by atoms with van der Waals surface area (Å²) in [5.41, 5.74) is 1.15. The molecule has 6 heteroatoms. The third-order valence-electron chi connectivity index (χ3n) is 2.84. The molecule has 0 aliphatic rings. The minimum absolute atomic E-state index is 0.0730. The first-order chi connectivity index (χ1) is 9.69. The summed E-state index contributed by atoms with van der Waals surface area (Å²) in [7, 11) is 0. The van der Waals surface area contributed by atoms with Crippen LogP contribution in [-0.4, -0.2) is 16.7 Å². The summed E-state index contributed by atoms with van der Waals surface area (Å²) in [6.45, 7) is 5.72. The summed E-state index contributed by atoms with van der Waals surface area (Å²) in [5.74, 6) is 0.607. The van der Waals surface area contributed by atoms with Crippen LogP contribution < -0.4 is 10.6 Å². The topological polar surface area (TPSA) is 63.0 Å². The molecular formula is C14H19BrN4O. The fourth-order valence-corrected chi connectivity index (χ4v) is 2.20. The number of anilines is 1. The maximum atomic E-state index is 5.59. The van der Waals surface area contributed by atoms with E-state index in [1.54, 1.807) is 0 Å². The molecule has 0 amide bonds. The van der Waals surface area contributed by atoms with Crippen LogP contribution in [0.5, 0.6) is 0 Å². The molecule has 2 rings (SSSR count). The average molecular weight is 339 g/mol. The van der Waals surface area contributed by atoms with E-state index in [2.05, 4.69) is 49.8 Å². The van der Waals surface area contributed by atoms with Crippen LogP contribution in [-0.2, 0) is 6.54 Å². The van der Waals surface area contributed by atoms with Crippen molar-refractivity contribution >= 4 is 21.9 Å². The molecule has 1 heterocycles. The van der Waals surface area contributed by atoms with Crippen molar-refractivity contribution in [2.75, 3.05) is 11.9 Å². The zero-order valence-electron chi connectivity index (χ0n) is 11.7. The van der Waals surface area contributed by atoms with Gasteiger partial charge in [-0.3, -0.25) is 0 Å². The molecule has 5 nitrogen and oxygen atoms in total. The summed E-state index contributed by atoms with van der Waals surface area (Å²) in [4.78, 5) is 0. The fourth-order valence-electron chi connectivity index (χ4n) is 1.75. The Bertz CT molecular complexity index is 543. The van der Waals surface area contributed by atoms with Crippen molar-refractivity contribution in [2.24, 2.45) is 0 Å². The van der Waals surface area contributed by atoms with Crippen LogP contribution in [0.25, 0.3) is 0 Å². The Morgan fingerprint density at radius 1 is 1.35 bits per heavy atom. The Kier molecular flexibility index (Phi) is 5.55. The second kappa shape index (κ2) is 7.40. The number of halogens is 1. The molecule has 0 saturated heterocycles. The van der Waals surface area contributed by atoms with E-state index in [1.807, 2.05) is 25.1 Å². The molecule has 1 aromatic carbocycles. The lowest BCUT2D eigenvalue weighted by molar-refractivity contribution is 0.423. The minimum atomic E-state index is 0.0730. The molecule has 0 spiro atoms. The summed E-state index contributed by atoms with van der Waals surface area (Å²) in [6, 6.07) is 8.61. The molecule has 0 aliphatic heterocycles. The minimum Gasteiger partial charge on any atom is -0.406 e. The molecule has 1 unspecified atom stereocenters. The lowest BCUT2D eigenvalue weighted by atomic mass is 10.2. The Labute approximate surface area is 127 Å². The van der Waals surface area contributed by atoms with Crippen molar-refractivity contribution < 1.29 is 4.42 Å². The highest BCUT2D eigenvalue weighted by Gasteiger charge is 2.12. The molecule has 2 N–H and O–H groups in total. The van der Waals surface area contributed by atoms with Gasteiger partial charge >= 0.3 is 6.01 Å². The van der Waals surface area contributed by atoms with Crippen LogP contribution in [0.3, 0.4) is 0 Å². The van der Waals surface area contributed by atoms with Gasteiger partial charge in [-0.15, -0.1) is 5.10 Å². The van der Waals surface area contributed by atoms with E-state index in [0.29, 0.717) is 18.5 Å². The summed E-state index contributed by atoms with van der Waals surface area (Å²) in [6.07, 6.45) is 1.08. The maximum Gasteiger partial charge on any atom is 0.315 e. The van der Waals surface area contributed by atoms with E-state index in [-0.39, 0.29) is 6.04 Å². The Hall–Kier alpha value is -1.40. The number of benzene rings is 1. The number of nitrogens with one attached hydrogen (secondary N) is 2. The first-order valence-electron chi connectivity index (χ1n) is 6.74. The molecule has 0 bridgehead atoms. The van der Waals surface area contributed by atoms with Gasteiger partial charge in [0.2, 0.25) is 5.89 Å². The van der Waals surface area contributed by atoms with Gasteiger partial charge in [-0.2, -0.15) is 0 Å². The zero-order chi connectivity index (χ0) is 14.4. The van der Waals surface area contributed by atoms with Gasteiger partial charge in [0.25, 0.3) is 0 Å². The number of hydrogen-bond donors (Lipinski definition) is 2. The van der Waals surface area contributed by atoms with Crippen LogP contribution in [0.2, 0.25) is 0 Å². The molecule has 2 aromatic rings. The van der Waals surface area contributed by atoms with Gasteiger partial charge in [0.15, 0.2) is 0 Å². The highest BCUT2D eigenvalue weighted by atomic mass is 79.9. The highest BCUT2D eigenvalue weighted by Crippen LogP contribution is 2.16. The molecular weight excluding hydrogens is 320 g/mol. The lowest BCUT2D eigenvalue weighted by Crippen LogP contribution is -2.19. The van der Waals surface area contributed by atoms with Gasteiger partial charge < -0.3 is 15.1 Å². The third kappa shape index (κ3) is 4.31. The number of aromatic nitrogens is 2. The normalized spacial score (nSPS) is 12.3. The fraction of sp³-hybridized carbons (Fsp3) is 0.429. The van der Waals surface area contributed by atoms with Crippen LogP contribution in [0.1, 0.15) is 37.8 Å². The largest absolute Gasteiger partial charge is 0.406 e. The first-order valence-corrected chi connectivity index (χ1v) is 7.53. The number of nitrogens with zero attached hydrogens (tertiary/aromatic N) is 2. The standard InChI is InChI=1S/C14H19BrN4O/c1-3-7-16-10(2)13-18-19-14(20-13)17-9-11-5-4-6-12(15)8-11/h4-6,8,10,16H,3,7,9H2,1-2H3,(H,17,19). The monoisotopic (exact) mass is 338 g/mol. The summed E-state index contributed by atoms with van der Waals surface area (Å²) < 4.78 is 6.64. The maximum absolute atomic E-state index is 5.59. The molecule has 1 atom stereocenters. The van der Waals surface area contributed by atoms with E-state index in [1.165, 1.54) is 0 Å². The molecule has 0 aliphatic carbocycles. The van der Waals surface area contributed by atoms with E-state index in [0.717, 1.165) is 23.0 Å². The highest BCUT2D eigenvalue weighted by molar-refractivity contribution is 9.10. The van der Waals surface area contributed by atoms with Crippen LogP contribution >= 0.6 is 15.9 Å². The van der Waals surface area contributed by atoms with Crippen LogP contribution in [0.15, 0.2) is 33.2 Å². The van der Waals surface area contributed by atoms with E-state index in [9.17, 15) is 0 Å².